The number of methoxy groups -OCH3 is 2. The number of hydrogen-bond acceptors (Lipinski definition) is 9. The van der Waals surface area contributed by atoms with Gasteiger partial charge in [-0.1, -0.05) is 12.1 Å². The summed E-state index contributed by atoms with van der Waals surface area (Å²) in [5.41, 5.74) is 1.78. The van der Waals surface area contributed by atoms with Gasteiger partial charge in [0.05, 0.1) is 25.2 Å². The fourth-order valence-corrected chi connectivity index (χ4v) is 5.58. The molecule has 1 N–H and O–H groups in total. The van der Waals surface area contributed by atoms with Crippen LogP contribution in [0.2, 0.25) is 0 Å². The molecule has 0 aliphatic rings. The van der Waals surface area contributed by atoms with Crippen LogP contribution < -0.4 is 9.47 Å². The van der Waals surface area contributed by atoms with Crippen molar-refractivity contribution in [1.29, 1.82) is 0 Å². The third-order valence-electron chi connectivity index (χ3n) is 6.33. The number of benzene rings is 1. The monoisotopic (exact) mass is 537 g/mol. The smallest absolute Gasteiger partial charge is 0.189 e. The summed E-state index contributed by atoms with van der Waals surface area (Å²) in [7, 11) is 0.818. The maximum Gasteiger partial charge on any atom is 0.189 e. The average molecular weight is 538 g/mol. The highest BCUT2D eigenvalue weighted by atomic mass is 32.2. The topological polar surface area (TPSA) is 139 Å². The van der Waals surface area contributed by atoms with Gasteiger partial charge < -0.3 is 19.0 Å². The van der Waals surface area contributed by atoms with Crippen molar-refractivity contribution in [3.8, 4) is 28.7 Å². The molecule has 0 radical (unpaired) electrons. The summed E-state index contributed by atoms with van der Waals surface area (Å²) in [6, 6.07) is 12.4. The number of aromatic nitrogens is 7. The second-order valence-electron chi connectivity index (χ2n) is 8.75. The van der Waals surface area contributed by atoms with E-state index in [0.717, 1.165) is 0 Å². The summed E-state index contributed by atoms with van der Waals surface area (Å²) in [5, 5.41) is 22.7. The van der Waals surface area contributed by atoms with Crippen LogP contribution in [0.5, 0.6) is 11.5 Å². The number of pyridine rings is 1. The van der Waals surface area contributed by atoms with E-state index in [9.17, 15) is 13.5 Å². The molecule has 0 bridgehead atoms. The van der Waals surface area contributed by atoms with Gasteiger partial charge in [-0.25, -0.2) is 13.4 Å². The molecule has 0 aliphatic heterocycles. The van der Waals surface area contributed by atoms with Crippen LogP contribution in [0.3, 0.4) is 0 Å². The Kier molecular flexibility index (Phi) is 6.63. The number of nitrogens with zero attached hydrogens (tertiary/aromatic N) is 7. The minimum Gasteiger partial charge on any atom is -0.494 e. The van der Waals surface area contributed by atoms with E-state index in [1.165, 1.54) is 21.1 Å². The molecule has 0 saturated carbocycles. The van der Waals surface area contributed by atoms with Crippen molar-refractivity contribution in [2.75, 3.05) is 14.2 Å². The first-order chi connectivity index (χ1) is 18.2. The molecule has 2 atom stereocenters. The lowest BCUT2D eigenvalue weighted by Crippen LogP contribution is -2.28. The summed E-state index contributed by atoms with van der Waals surface area (Å²) < 4.78 is 43.3. The van der Waals surface area contributed by atoms with Crippen LogP contribution in [0.25, 0.3) is 22.9 Å². The molecule has 0 amide bonds. The lowest BCUT2D eigenvalue weighted by Gasteiger charge is -2.19. The second kappa shape index (κ2) is 9.91. The SMILES string of the molecule is COc1cccc(OC)c1-n1c(CS(=O)(=O)[C@@H](C)[C@H](O)c2cn3ccccc3n2)nnc1-c1ccn(C)n1. The largest absolute Gasteiger partial charge is 0.494 e. The molecular weight excluding hydrogens is 510 g/mol. The quantitative estimate of drug-likeness (QED) is 0.300. The van der Waals surface area contributed by atoms with Gasteiger partial charge >= 0.3 is 0 Å². The molecule has 0 fully saturated rings. The predicted octanol–water partition coefficient (Wildman–Crippen LogP) is 2.37. The number of aliphatic hydroxyl groups excluding tert-OH is 1. The van der Waals surface area contributed by atoms with E-state index in [1.54, 1.807) is 69.6 Å². The van der Waals surface area contributed by atoms with Gasteiger partial charge in [-0.15, -0.1) is 10.2 Å². The van der Waals surface area contributed by atoms with Crippen LogP contribution in [0.4, 0.5) is 0 Å². The third kappa shape index (κ3) is 4.50. The molecule has 0 unspecified atom stereocenters. The Labute approximate surface area is 219 Å². The maximum atomic E-state index is 13.6. The zero-order valence-electron chi connectivity index (χ0n) is 21.3. The Hall–Kier alpha value is -4.23. The highest BCUT2D eigenvalue weighted by Gasteiger charge is 2.34. The molecule has 1 aromatic carbocycles. The van der Waals surface area contributed by atoms with Crippen LogP contribution in [0, 0.1) is 0 Å². The zero-order valence-corrected chi connectivity index (χ0v) is 22.1. The van der Waals surface area contributed by atoms with E-state index in [-0.39, 0.29) is 11.5 Å². The first-order valence-corrected chi connectivity index (χ1v) is 13.4. The van der Waals surface area contributed by atoms with Crippen molar-refractivity contribution in [1.82, 2.24) is 33.9 Å². The molecule has 4 aromatic heterocycles. The minimum atomic E-state index is -3.96. The number of sulfone groups is 1. The van der Waals surface area contributed by atoms with Gasteiger partial charge in [-0.05, 0) is 37.3 Å². The third-order valence-corrected chi connectivity index (χ3v) is 8.38. The van der Waals surface area contributed by atoms with Crippen LogP contribution in [0.15, 0.2) is 61.1 Å². The summed E-state index contributed by atoms with van der Waals surface area (Å²) in [6.07, 6.45) is 3.79. The Bertz CT molecular complexity index is 1650. The number of aryl methyl sites for hydroxylation is 1. The van der Waals surface area contributed by atoms with Crippen molar-refractivity contribution in [3.63, 3.8) is 0 Å². The first-order valence-electron chi connectivity index (χ1n) is 11.7. The second-order valence-corrected chi connectivity index (χ2v) is 11.1. The van der Waals surface area contributed by atoms with Gasteiger partial charge in [0.25, 0.3) is 0 Å². The van der Waals surface area contributed by atoms with E-state index in [0.29, 0.717) is 34.4 Å². The lowest BCUT2D eigenvalue weighted by molar-refractivity contribution is 0.171. The molecule has 4 heterocycles. The van der Waals surface area contributed by atoms with Crippen LogP contribution in [-0.2, 0) is 22.6 Å². The molecule has 5 aromatic rings. The predicted molar refractivity (Wildman–Crippen MR) is 139 cm³/mol. The average Bonchev–Trinajstić information content (AvgIpc) is 3.65. The molecule has 0 aliphatic carbocycles. The number of aliphatic hydroxyl groups is 1. The Balaban J connectivity index is 1.58. The standard InChI is InChI=1S/C25H27N7O5S/c1-16(24(33)18-14-31-12-6-5-10-21(31)26-18)38(34,35)15-22-27-28-25(17-11-13-30(2)29-17)32(22)23-19(36-3)8-7-9-20(23)37-4/h5-14,16,24,33H,15H2,1-4H3/t16-,24-/m0/s1. The number of hydrogen-bond donors (Lipinski definition) is 1. The summed E-state index contributed by atoms with van der Waals surface area (Å²) in [4.78, 5) is 4.38. The van der Waals surface area contributed by atoms with Crippen LogP contribution >= 0.6 is 0 Å². The molecule has 0 spiro atoms. The first kappa shape index (κ1) is 25.4. The summed E-state index contributed by atoms with van der Waals surface area (Å²) >= 11 is 0. The van der Waals surface area contributed by atoms with Crippen molar-refractivity contribution in [3.05, 3.63) is 72.6 Å². The molecule has 13 heteroatoms. The molecule has 12 nitrogen and oxygen atoms in total. The lowest BCUT2D eigenvalue weighted by atomic mass is 10.2. The van der Waals surface area contributed by atoms with Crippen LogP contribution in [0.1, 0.15) is 24.5 Å². The number of rotatable bonds is 9. The van der Waals surface area contributed by atoms with Crippen molar-refractivity contribution < 1.29 is 23.0 Å². The Morgan fingerprint density at radius 2 is 1.74 bits per heavy atom. The van der Waals surface area contributed by atoms with Gasteiger partial charge in [-0.2, -0.15) is 5.10 Å². The fraction of sp³-hybridized carbons (Fsp3) is 0.280. The van der Waals surface area contributed by atoms with Crippen LogP contribution in [-0.4, -0.2) is 66.9 Å². The van der Waals surface area contributed by atoms with E-state index in [1.807, 2.05) is 12.1 Å². The highest BCUT2D eigenvalue weighted by Crippen LogP contribution is 2.36. The van der Waals surface area contributed by atoms with Gasteiger partial charge in [-0.3, -0.25) is 9.25 Å². The summed E-state index contributed by atoms with van der Waals surface area (Å²) in [5.74, 6) is 0.768. The molecule has 5 rings (SSSR count). The van der Waals surface area contributed by atoms with Crippen molar-refractivity contribution >= 4 is 15.5 Å². The van der Waals surface area contributed by atoms with Gasteiger partial charge in [0.1, 0.15) is 40.4 Å². The number of imidazole rings is 1. The van der Waals surface area contributed by atoms with Gasteiger partial charge in [0.2, 0.25) is 0 Å². The maximum absolute atomic E-state index is 13.6. The van der Waals surface area contributed by atoms with Gasteiger partial charge in [0, 0.05) is 25.6 Å². The Morgan fingerprint density at radius 1 is 1.00 bits per heavy atom. The summed E-state index contributed by atoms with van der Waals surface area (Å²) in [6.45, 7) is 1.45. The van der Waals surface area contributed by atoms with E-state index >= 15 is 0 Å². The highest BCUT2D eigenvalue weighted by molar-refractivity contribution is 7.91. The normalized spacial score (nSPS) is 13.5. The van der Waals surface area contributed by atoms with Gasteiger partial charge in [0.15, 0.2) is 21.5 Å². The molecule has 0 saturated heterocycles. The number of fused-ring (bicyclic) bond motifs is 1. The number of para-hydroxylation sites is 1. The molecule has 198 valence electrons. The van der Waals surface area contributed by atoms with Crippen molar-refractivity contribution in [2.24, 2.45) is 7.05 Å². The van der Waals surface area contributed by atoms with E-state index in [4.69, 9.17) is 9.47 Å². The Morgan fingerprint density at radius 3 is 2.37 bits per heavy atom. The molecular formula is C25H27N7O5S. The zero-order chi connectivity index (χ0) is 27.0. The molecule has 38 heavy (non-hydrogen) atoms. The van der Waals surface area contributed by atoms with E-state index in [2.05, 4.69) is 20.3 Å². The fourth-order valence-electron chi connectivity index (χ4n) is 4.24. The number of ether oxygens (including phenoxy) is 2. The van der Waals surface area contributed by atoms with E-state index < -0.39 is 26.9 Å². The van der Waals surface area contributed by atoms with Crippen molar-refractivity contribution in [2.45, 2.75) is 24.0 Å². The minimum absolute atomic E-state index is 0.113.